The average Bonchev–Trinajstić information content (AvgIpc) is 2.29. The number of benzene rings is 1. The highest BCUT2D eigenvalue weighted by atomic mass is 32.2. The van der Waals surface area contributed by atoms with Gasteiger partial charge in [0.1, 0.15) is 5.82 Å². The Morgan fingerprint density at radius 3 is 2.73 bits per heavy atom. The van der Waals surface area contributed by atoms with Crippen molar-refractivity contribution in [3.8, 4) is 0 Å². The predicted octanol–water partition coefficient (Wildman–Crippen LogP) is 3.51. The number of halogens is 1. The van der Waals surface area contributed by atoms with Crippen LogP contribution in [0.15, 0.2) is 53.7 Å². The number of hydrogen-bond donors (Lipinski definition) is 0. The summed E-state index contributed by atoms with van der Waals surface area (Å²) >= 11 is 1.49. The first-order chi connectivity index (χ1) is 7.36. The second-order valence-corrected chi connectivity index (χ2v) is 4.10. The standard InChI is InChI=1S/C12H10FNS/c13-11-5-1-2-6-12(11)15-9-10-4-3-7-14-8-10/h1-8H,9H2. The highest BCUT2D eigenvalue weighted by molar-refractivity contribution is 7.98. The van der Waals surface area contributed by atoms with E-state index in [0.29, 0.717) is 4.90 Å². The summed E-state index contributed by atoms with van der Waals surface area (Å²) in [6.07, 6.45) is 3.53. The van der Waals surface area contributed by atoms with Gasteiger partial charge in [-0.1, -0.05) is 18.2 Å². The Kier molecular flexibility index (Phi) is 3.35. The van der Waals surface area contributed by atoms with Gasteiger partial charge in [0.2, 0.25) is 0 Å². The Hall–Kier alpha value is -1.35. The zero-order chi connectivity index (χ0) is 10.5. The van der Waals surface area contributed by atoms with Crippen LogP contribution in [0.2, 0.25) is 0 Å². The summed E-state index contributed by atoms with van der Waals surface area (Å²) in [5, 5.41) is 0. The number of thioether (sulfide) groups is 1. The fraction of sp³-hybridized carbons (Fsp3) is 0.0833. The monoisotopic (exact) mass is 219 g/mol. The molecule has 0 N–H and O–H groups in total. The van der Waals surface area contributed by atoms with Crippen LogP contribution in [0.5, 0.6) is 0 Å². The topological polar surface area (TPSA) is 12.9 Å². The molecule has 2 rings (SSSR count). The van der Waals surface area contributed by atoms with E-state index in [4.69, 9.17) is 0 Å². The van der Waals surface area contributed by atoms with E-state index in [0.717, 1.165) is 11.3 Å². The van der Waals surface area contributed by atoms with Gasteiger partial charge in [-0.15, -0.1) is 11.8 Å². The van der Waals surface area contributed by atoms with Crippen molar-refractivity contribution in [2.75, 3.05) is 0 Å². The molecule has 0 fully saturated rings. The molecule has 0 spiro atoms. The molecule has 0 saturated heterocycles. The van der Waals surface area contributed by atoms with Crippen molar-refractivity contribution < 1.29 is 4.39 Å². The van der Waals surface area contributed by atoms with Gasteiger partial charge in [-0.25, -0.2) is 4.39 Å². The van der Waals surface area contributed by atoms with Gasteiger partial charge in [0, 0.05) is 23.0 Å². The van der Waals surface area contributed by atoms with E-state index in [1.54, 1.807) is 24.5 Å². The maximum absolute atomic E-state index is 13.3. The Morgan fingerprint density at radius 1 is 1.13 bits per heavy atom. The smallest absolute Gasteiger partial charge is 0.136 e. The van der Waals surface area contributed by atoms with Gasteiger partial charge in [-0.2, -0.15) is 0 Å². The number of hydrogen-bond acceptors (Lipinski definition) is 2. The van der Waals surface area contributed by atoms with Gasteiger partial charge in [-0.3, -0.25) is 4.98 Å². The van der Waals surface area contributed by atoms with Crippen LogP contribution in [0.4, 0.5) is 4.39 Å². The third kappa shape index (κ3) is 2.80. The summed E-state index contributed by atoms with van der Waals surface area (Å²) in [5.41, 5.74) is 1.10. The second kappa shape index (κ2) is 4.94. The van der Waals surface area contributed by atoms with Crippen molar-refractivity contribution in [1.82, 2.24) is 4.98 Å². The van der Waals surface area contributed by atoms with E-state index in [-0.39, 0.29) is 5.82 Å². The largest absolute Gasteiger partial charge is 0.264 e. The van der Waals surface area contributed by atoms with Crippen LogP contribution in [0.25, 0.3) is 0 Å². The molecule has 0 unspecified atom stereocenters. The molecule has 0 aliphatic heterocycles. The van der Waals surface area contributed by atoms with Crippen molar-refractivity contribution in [2.45, 2.75) is 10.6 Å². The first kappa shape index (κ1) is 10.2. The fourth-order valence-corrected chi connectivity index (χ4v) is 2.08. The summed E-state index contributed by atoms with van der Waals surface area (Å²) in [4.78, 5) is 4.69. The van der Waals surface area contributed by atoms with Gasteiger partial charge in [-0.05, 0) is 23.8 Å². The van der Waals surface area contributed by atoms with Crippen LogP contribution in [-0.2, 0) is 5.75 Å². The van der Waals surface area contributed by atoms with Crippen LogP contribution < -0.4 is 0 Å². The van der Waals surface area contributed by atoms with Crippen LogP contribution in [0.1, 0.15) is 5.56 Å². The third-order valence-electron chi connectivity index (χ3n) is 1.95. The molecule has 0 aliphatic rings. The summed E-state index contributed by atoms with van der Waals surface area (Å²) in [7, 11) is 0. The lowest BCUT2D eigenvalue weighted by molar-refractivity contribution is 0.602. The van der Waals surface area contributed by atoms with E-state index in [1.807, 2.05) is 18.2 Å². The van der Waals surface area contributed by atoms with Gasteiger partial charge in [0.05, 0.1) is 0 Å². The fourth-order valence-electron chi connectivity index (χ4n) is 1.21. The Labute approximate surface area is 92.4 Å². The van der Waals surface area contributed by atoms with E-state index >= 15 is 0 Å². The minimum absolute atomic E-state index is 0.161. The lowest BCUT2D eigenvalue weighted by atomic mass is 10.3. The van der Waals surface area contributed by atoms with Crippen molar-refractivity contribution >= 4 is 11.8 Å². The zero-order valence-electron chi connectivity index (χ0n) is 8.06. The second-order valence-electron chi connectivity index (χ2n) is 3.08. The molecule has 0 radical (unpaired) electrons. The molecule has 15 heavy (non-hydrogen) atoms. The molecule has 0 bridgehead atoms. The molecule has 2 aromatic rings. The SMILES string of the molecule is Fc1ccccc1SCc1cccnc1. The molecular weight excluding hydrogens is 209 g/mol. The Morgan fingerprint density at radius 2 is 2.00 bits per heavy atom. The number of aromatic nitrogens is 1. The van der Waals surface area contributed by atoms with Gasteiger partial charge >= 0.3 is 0 Å². The molecule has 1 heterocycles. The van der Waals surface area contributed by atoms with Crippen LogP contribution >= 0.6 is 11.8 Å². The van der Waals surface area contributed by atoms with Crippen molar-refractivity contribution in [1.29, 1.82) is 0 Å². The van der Waals surface area contributed by atoms with E-state index in [9.17, 15) is 4.39 Å². The van der Waals surface area contributed by atoms with Crippen molar-refractivity contribution in [3.05, 3.63) is 60.2 Å². The van der Waals surface area contributed by atoms with E-state index in [1.165, 1.54) is 17.8 Å². The quantitative estimate of drug-likeness (QED) is 0.733. The van der Waals surface area contributed by atoms with Gasteiger partial charge in [0.25, 0.3) is 0 Å². The lowest BCUT2D eigenvalue weighted by Crippen LogP contribution is -1.83. The molecule has 0 saturated carbocycles. The predicted molar refractivity (Wildman–Crippen MR) is 60.2 cm³/mol. The number of rotatable bonds is 3. The minimum Gasteiger partial charge on any atom is -0.264 e. The summed E-state index contributed by atoms with van der Waals surface area (Å²) in [5.74, 6) is 0.584. The Bertz CT molecular complexity index is 431. The maximum atomic E-state index is 13.3. The molecule has 76 valence electrons. The highest BCUT2D eigenvalue weighted by Gasteiger charge is 2.01. The molecular formula is C12H10FNS. The normalized spacial score (nSPS) is 10.2. The molecule has 0 aliphatic carbocycles. The maximum Gasteiger partial charge on any atom is 0.136 e. The molecule has 3 heteroatoms. The van der Waals surface area contributed by atoms with Crippen molar-refractivity contribution in [2.24, 2.45) is 0 Å². The van der Waals surface area contributed by atoms with Crippen LogP contribution in [-0.4, -0.2) is 4.98 Å². The van der Waals surface area contributed by atoms with Crippen LogP contribution in [0.3, 0.4) is 0 Å². The van der Waals surface area contributed by atoms with E-state index in [2.05, 4.69) is 4.98 Å². The molecule has 0 atom stereocenters. The lowest BCUT2D eigenvalue weighted by Gasteiger charge is -2.02. The van der Waals surface area contributed by atoms with Gasteiger partial charge < -0.3 is 0 Å². The summed E-state index contributed by atoms with van der Waals surface area (Å²) < 4.78 is 13.3. The highest BCUT2D eigenvalue weighted by Crippen LogP contribution is 2.24. The first-order valence-corrected chi connectivity index (χ1v) is 5.61. The number of nitrogens with zero attached hydrogens (tertiary/aromatic N) is 1. The van der Waals surface area contributed by atoms with Gasteiger partial charge in [0.15, 0.2) is 0 Å². The zero-order valence-corrected chi connectivity index (χ0v) is 8.88. The van der Waals surface area contributed by atoms with Crippen LogP contribution in [0, 0.1) is 5.82 Å². The first-order valence-electron chi connectivity index (χ1n) is 4.62. The summed E-state index contributed by atoms with van der Waals surface area (Å²) in [6.45, 7) is 0. The van der Waals surface area contributed by atoms with E-state index < -0.39 is 0 Å². The third-order valence-corrected chi connectivity index (χ3v) is 3.07. The molecule has 1 aromatic heterocycles. The molecule has 1 nitrogen and oxygen atoms in total. The summed E-state index contributed by atoms with van der Waals surface area (Å²) in [6, 6.07) is 10.7. The number of pyridine rings is 1. The van der Waals surface area contributed by atoms with Crippen molar-refractivity contribution in [3.63, 3.8) is 0 Å². The molecule has 1 aromatic carbocycles. The average molecular weight is 219 g/mol. The Balaban J connectivity index is 2.03. The molecule has 0 amide bonds. The minimum atomic E-state index is -0.161.